The lowest BCUT2D eigenvalue weighted by Gasteiger charge is -2.34. The minimum absolute atomic E-state index is 0.0423. The van der Waals surface area contributed by atoms with Gasteiger partial charge in [0.1, 0.15) is 5.69 Å². The topological polar surface area (TPSA) is 89.4 Å². The maximum Gasteiger partial charge on any atom is 0.273 e. The average molecular weight is 481 g/mol. The highest BCUT2D eigenvalue weighted by molar-refractivity contribution is 5.94. The number of aryl methyl sites for hydroxylation is 1. The van der Waals surface area contributed by atoms with Gasteiger partial charge in [0.2, 0.25) is 0 Å². The van der Waals surface area contributed by atoms with Crippen molar-refractivity contribution in [3.05, 3.63) is 83.6 Å². The minimum Gasteiger partial charge on any atom is -0.329 e. The van der Waals surface area contributed by atoms with Crippen molar-refractivity contribution in [2.75, 3.05) is 6.54 Å². The largest absolute Gasteiger partial charge is 0.329 e. The van der Waals surface area contributed by atoms with E-state index in [1.165, 1.54) is 0 Å². The number of piperidine rings is 1. The van der Waals surface area contributed by atoms with E-state index in [0.29, 0.717) is 18.2 Å². The molecule has 1 aromatic carbocycles. The number of rotatable bonds is 4. The highest BCUT2D eigenvalue weighted by Crippen LogP contribution is 2.36. The summed E-state index contributed by atoms with van der Waals surface area (Å²) < 4.78 is 1.87. The van der Waals surface area contributed by atoms with Gasteiger partial charge >= 0.3 is 0 Å². The Hall–Kier alpha value is -3.58. The zero-order valence-corrected chi connectivity index (χ0v) is 20.7. The van der Waals surface area contributed by atoms with Crippen molar-refractivity contribution in [3.8, 4) is 11.1 Å². The Labute approximate surface area is 211 Å². The van der Waals surface area contributed by atoms with E-state index in [2.05, 4.69) is 24.2 Å². The standard InChI is InChI=1S/C29H32N6O/c1-19-18-35-27(32-28(19)22-10-11-23(30)15-22)17-24(33-35)26-9-5-6-14-34(26)29(36)25-16-21(12-13-31-25)20-7-3-2-4-8-20/h2-4,7-8,12-13,16-18,22-23,26H,5-6,9-11,14-15,30H2,1H3. The fraction of sp³-hybridized carbons (Fsp3) is 0.379. The van der Waals surface area contributed by atoms with Crippen molar-refractivity contribution in [3.63, 3.8) is 0 Å². The van der Waals surface area contributed by atoms with E-state index >= 15 is 0 Å². The molecule has 0 spiro atoms. The lowest BCUT2D eigenvalue weighted by atomic mass is 9.98. The first-order valence-corrected chi connectivity index (χ1v) is 13.0. The van der Waals surface area contributed by atoms with Crippen LogP contribution in [-0.4, -0.2) is 43.0 Å². The summed E-state index contributed by atoms with van der Waals surface area (Å²) in [4.78, 5) is 25.1. The number of carbonyl (C=O) groups excluding carboxylic acids is 1. The first kappa shape index (κ1) is 22.9. The van der Waals surface area contributed by atoms with E-state index < -0.39 is 0 Å². The third-order valence-electron chi connectivity index (χ3n) is 7.74. The van der Waals surface area contributed by atoms with E-state index in [-0.39, 0.29) is 18.0 Å². The quantitative estimate of drug-likeness (QED) is 0.441. The van der Waals surface area contributed by atoms with Gasteiger partial charge in [0, 0.05) is 37.0 Å². The summed E-state index contributed by atoms with van der Waals surface area (Å²) in [6.07, 6.45) is 9.87. The first-order valence-electron chi connectivity index (χ1n) is 13.0. The lowest BCUT2D eigenvalue weighted by Crippen LogP contribution is -2.39. The Balaban J connectivity index is 1.30. The van der Waals surface area contributed by atoms with Gasteiger partial charge in [0.05, 0.1) is 17.4 Å². The van der Waals surface area contributed by atoms with Crippen LogP contribution in [0.5, 0.6) is 0 Å². The fourth-order valence-electron chi connectivity index (χ4n) is 5.87. The number of pyridine rings is 1. The van der Waals surface area contributed by atoms with Gasteiger partial charge < -0.3 is 10.6 Å². The number of benzene rings is 1. The van der Waals surface area contributed by atoms with Crippen LogP contribution in [-0.2, 0) is 0 Å². The van der Waals surface area contributed by atoms with Gasteiger partial charge in [0.25, 0.3) is 5.91 Å². The van der Waals surface area contributed by atoms with Crippen LogP contribution in [0.3, 0.4) is 0 Å². The summed E-state index contributed by atoms with van der Waals surface area (Å²) >= 11 is 0. The Morgan fingerprint density at radius 3 is 2.69 bits per heavy atom. The van der Waals surface area contributed by atoms with E-state index in [4.69, 9.17) is 15.8 Å². The number of nitrogens with zero attached hydrogens (tertiary/aromatic N) is 5. The van der Waals surface area contributed by atoms with Crippen molar-refractivity contribution >= 4 is 11.6 Å². The molecule has 4 aromatic rings. The van der Waals surface area contributed by atoms with Crippen LogP contribution in [0.15, 0.2) is 60.9 Å². The number of fused-ring (bicyclic) bond motifs is 1. The third-order valence-corrected chi connectivity index (χ3v) is 7.74. The molecule has 3 atom stereocenters. The maximum absolute atomic E-state index is 13.7. The fourth-order valence-corrected chi connectivity index (χ4v) is 5.87. The summed E-state index contributed by atoms with van der Waals surface area (Å²) in [6.45, 7) is 2.81. The zero-order valence-electron chi connectivity index (χ0n) is 20.7. The van der Waals surface area contributed by atoms with Gasteiger partial charge in [-0.2, -0.15) is 5.10 Å². The van der Waals surface area contributed by atoms with Gasteiger partial charge in [-0.05, 0) is 74.3 Å². The van der Waals surface area contributed by atoms with Crippen LogP contribution in [0.4, 0.5) is 0 Å². The smallest absolute Gasteiger partial charge is 0.273 e. The van der Waals surface area contributed by atoms with E-state index in [9.17, 15) is 4.79 Å². The third kappa shape index (κ3) is 4.28. The molecular formula is C29H32N6O. The molecule has 1 aliphatic carbocycles. The molecule has 4 heterocycles. The van der Waals surface area contributed by atoms with E-state index in [1.54, 1.807) is 6.20 Å². The van der Waals surface area contributed by atoms with Crippen LogP contribution in [0.2, 0.25) is 0 Å². The molecule has 184 valence electrons. The Morgan fingerprint density at radius 1 is 1.03 bits per heavy atom. The first-order chi connectivity index (χ1) is 17.6. The average Bonchev–Trinajstić information content (AvgIpc) is 3.54. The minimum atomic E-state index is -0.0845. The van der Waals surface area contributed by atoms with Crippen LogP contribution >= 0.6 is 0 Å². The highest BCUT2D eigenvalue weighted by Gasteiger charge is 2.32. The second kappa shape index (κ2) is 9.47. The molecule has 2 aliphatic rings. The number of hydrogen-bond acceptors (Lipinski definition) is 5. The summed E-state index contributed by atoms with van der Waals surface area (Å²) in [5, 5.41) is 4.89. The molecule has 0 bridgehead atoms. The molecule has 3 unspecified atom stereocenters. The van der Waals surface area contributed by atoms with Crippen LogP contribution in [0.25, 0.3) is 16.8 Å². The van der Waals surface area contributed by atoms with Crippen molar-refractivity contribution in [2.45, 2.75) is 63.5 Å². The summed E-state index contributed by atoms with van der Waals surface area (Å²) in [7, 11) is 0. The molecule has 1 saturated heterocycles. The van der Waals surface area contributed by atoms with Crippen LogP contribution in [0.1, 0.15) is 77.9 Å². The van der Waals surface area contributed by atoms with Gasteiger partial charge in [-0.3, -0.25) is 9.78 Å². The van der Waals surface area contributed by atoms with Crippen LogP contribution in [0, 0.1) is 6.92 Å². The molecule has 1 saturated carbocycles. The second-order valence-electron chi connectivity index (χ2n) is 10.3. The molecule has 7 heteroatoms. The van der Waals surface area contributed by atoms with Crippen molar-refractivity contribution in [1.82, 2.24) is 24.5 Å². The van der Waals surface area contributed by atoms with Gasteiger partial charge in [0.15, 0.2) is 5.65 Å². The van der Waals surface area contributed by atoms with Gasteiger partial charge in [-0.25, -0.2) is 9.50 Å². The lowest BCUT2D eigenvalue weighted by molar-refractivity contribution is 0.0599. The number of aromatic nitrogens is 4. The summed E-state index contributed by atoms with van der Waals surface area (Å²) in [6, 6.07) is 16.2. The molecule has 7 nitrogen and oxygen atoms in total. The molecule has 1 amide bonds. The second-order valence-corrected chi connectivity index (χ2v) is 10.3. The van der Waals surface area contributed by atoms with Crippen molar-refractivity contribution < 1.29 is 4.79 Å². The van der Waals surface area contributed by atoms with Gasteiger partial charge in [-0.1, -0.05) is 30.3 Å². The SMILES string of the molecule is Cc1cn2nc(C3CCCCN3C(=O)c3cc(-c4ccccc4)ccn3)cc2nc1C1CCC(N)C1. The molecule has 3 aromatic heterocycles. The molecule has 2 N–H and O–H groups in total. The zero-order chi connectivity index (χ0) is 24.6. The van der Waals surface area contributed by atoms with Gasteiger partial charge in [-0.15, -0.1) is 0 Å². The number of amides is 1. The molecular weight excluding hydrogens is 448 g/mol. The van der Waals surface area contributed by atoms with E-state index in [1.807, 2.05) is 51.9 Å². The normalized spacial score (nSPS) is 22.3. The number of hydrogen-bond donors (Lipinski definition) is 1. The Kier molecular flexibility index (Phi) is 6.01. The highest BCUT2D eigenvalue weighted by atomic mass is 16.2. The number of likely N-dealkylation sites (tertiary alicyclic amines) is 1. The van der Waals surface area contributed by atoms with Crippen LogP contribution < -0.4 is 5.73 Å². The molecule has 0 radical (unpaired) electrons. The Bertz CT molecular complexity index is 1400. The monoisotopic (exact) mass is 480 g/mol. The number of nitrogens with two attached hydrogens (primary N) is 1. The van der Waals surface area contributed by atoms with Crippen molar-refractivity contribution in [2.24, 2.45) is 5.73 Å². The molecule has 36 heavy (non-hydrogen) atoms. The molecule has 2 fully saturated rings. The number of carbonyl (C=O) groups is 1. The molecule has 6 rings (SSSR count). The van der Waals surface area contributed by atoms with E-state index in [0.717, 1.165) is 72.3 Å². The Morgan fingerprint density at radius 2 is 1.89 bits per heavy atom. The predicted octanol–water partition coefficient (Wildman–Crippen LogP) is 5.06. The summed E-state index contributed by atoms with van der Waals surface area (Å²) in [5.41, 5.74) is 12.7. The summed E-state index contributed by atoms with van der Waals surface area (Å²) in [5.74, 6) is 0.374. The maximum atomic E-state index is 13.7. The predicted molar refractivity (Wildman–Crippen MR) is 140 cm³/mol. The van der Waals surface area contributed by atoms with Crippen molar-refractivity contribution in [1.29, 1.82) is 0 Å². The molecule has 1 aliphatic heterocycles.